The highest BCUT2D eigenvalue weighted by Gasteiger charge is 2.21. The second-order valence-electron chi connectivity index (χ2n) is 9.16. The number of nitrogens with one attached hydrogen (secondary N) is 1. The van der Waals surface area contributed by atoms with Crippen LogP contribution in [0.1, 0.15) is 73.3 Å². The van der Waals surface area contributed by atoms with Crippen molar-refractivity contribution in [3.8, 4) is 6.07 Å². The molecule has 0 atom stereocenters. The lowest BCUT2D eigenvalue weighted by Crippen LogP contribution is -2.09. The number of nitrogens with zero attached hydrogens (tertiary/aromatic N) is 3. The number of imidazole rings is 1. The molecule has 170 valence electrons. The molecular formula is C29H34N4. The van der Waals surface area contributed by atoms with Crippen molar-refractivity contribution in [2.45, 2.75) is 72.6 Å². The van der Waals surface area contributed by atoms with Gasteiger partial charge in [-0.15, -0.1) is 0 Å². The number of hydrogen-bond acceptors (Lipinski definition) is 3. The Hall–Kier alpha value is -3.32. The summed E-state index contributed by atoms with van der Waals surface area (Å²) in [5.74, 6) is 1.04. The van der Waals surface area contributed by atoms with Crippen molar-refractivity contribution in [3.05, 3.63) is 70.3 Å². The van der Waals surface area contributed by atoms with Gasteiger partial charge in [-0.05, 0) is 74.1 Å². The molecule has 2 aromatic heterocycles. The number of para-hydroxylation sites is 2. The molecule has 2 heterocycles. The van der Waals surface area contributed by atoms with E-state index in [4.69, 9.17) is 4.98 Å². The van der Waals surface area contributed by atoms with Crippen molar-refractivity contribution in [1.82, 2.24) is 9.38 Å². The van der Waals surface area contributed by atoms with E-state index in [9.17, 15) is 5.26 Å². The molecule has 0 unspecified atom stereocenters. The standard InChI is InChI=1S/C29H34N4/c1-5-6-7-8-9-10-13-23-22(4)24(19-30)29-31-25-14-11-12-15-27(25)33(29)28(23)32-26-18-20(2)16-17-21(26)3/h11-12,14-18,32H,5-10,13H2,1-4H3. The summed E-state index contributed by atoms with van der Waals surface area (Å²) in [6, 6.07) is 17.1. The van der Waals surface area contributed by atoms with E-state index in [1.165, 1.54) is 48.8 Å². The number of fused-ring (bicyclic) bond motifs is 3. The Balaban J connectivity index is 1.87. The number of pyridine rings is 1. The van der Waals surface area contributed by atoms with E-state index < -0.39 is 0 Å². The number of benzene rings is 2. The Morgan fingerprint density at radius 1 is 0.970 bits per heavy atom. The fourth-order valence-electron chi connectivity index (χ4n) is 4.70. The molecule has 0 aliphatic rings. The maximum atomic E-state index is 10.1. The molecule has 0 bridgehead atoms. The van der Waals surface area contributed by atoms with Crippen molar-refractivity contribution in [3.63, 3.8) is 0 Å². The predicted octanol–water partition coefficient (Wildman–Crippen LogP) is 7.93. The van der Waals surface area contributed by atoms with Crippen LogP contribution in [0.3, 0.4) is 0 Å². The largest absolute Gasteiger partial charge is 0.341 e. The highest BCUT2D eigenvalue weighted by atomic mass is 15.1. The SMILES string of the molecule is CCCCCCCCc1c(C)c(C#N)c2nc3ccccc3n2c1Nc1cc(C)ccc1C. The third-order valence-electron chi connectivity index (χ3n) is 6.66. The van der Waals surface area contributed by atoms with Gasteiger partial charge in [-0.1, -0.05) is 63.3 Å². The van der Waals surface area contributed by atoms with Gasteiger partial charge in [0.1, 0.15) is 11.9 Å². The molecule has 4 aromatic rings. The molecule has 0 fully saturated rings. The van der Waals surface area contributed by atoms with Crippen molar-refractivity contribution < 1.29 is 0 Å². The molecule has 4 heteroatoms. The monoisotopic (exact) mass is 438 g/mol. The zero-order valence-corrected chi connectivity index (χ0v) is 20.3. The first-order valence-electron chi connectivity index (χ1n) is 12.2. The normalized spacial score (nSPS) is 11.2. The van der Waals surface area contributed by atoms with E-state index in [2.05, 4.69) is 67.7 Å². The number of aryl methyl sites for hydroxylation is 2. The van der Waals surface area contributed by atoms with Crippen LogP contribution in [0.15, 0.2) is 42.5 Å². The van der Waals surface area contributed by atoms with Gasteiger partial charge in [0.05, 0.1) is 16.6 Å². The summed E-state index contributed by atoms with van der Waals surface area (Å²) in [5, 5.41) is 13.8. The predicted molar refractivity (Wildman–Crippen MR) is 138 cm³/mol. The third kappa shape index (κ3) is 4.59. The third-order valence-corrected chi connectivity index (χ3v) is 6.66. The average molecular weight is 439 g/mol. The van der Waals surface area contributed by atoms with Gasteiger partial charge in [-0.25, -0.2) is 4.98 Å². The van der Waals surface area contributed by atoms with Crippen molar-refractivity contribution >= 4 is 28.2 Å². The highest BCUT2D eigenvalue weighted by molar-refractivity contribution is 5.87. The van der Waals surface area contributed by atoms with Crippen LogP contribution in [0.4, 0.5) is 11.5 Å². The molecule has 0 amide bonds. The van der Waals surface area contributed by atoms with Crippen LogP contribution in [0.2, 0.25) is 0 Å². The van der Waals surface area contributed by atoms with Gasteiger partial charge >= 0.3 is 0 Å². The van der Waals surface area contributed by atoms with Gasteiger partial charge in [-0.3, -0.25) is 4.40 Å². The van der Waals surface area contributed by atoms with Crippen molar-refractivity contribution in [2.24, 2.45) is 0 Å². The first kappa shape index (κ1) is 22.9. The molecule has 1 N–H and O–H groups in total. The van der Waals surface area contributed by atoms with Gasteiger partial charge in [0.15, 0.2) is 5.65 Å². The van der Waals surface area contributed by atoms with Crippen LogP contribution < -0.4 is 5.32 Å². The Kier molecular flexibility index (Phi) is 6.99. The zero-order chi connectivity index (χ0) is 23.4. The average Bonchev–Trinajstić information content (AvgIpc) is 3.19. The molecular weight excluding hydrogens is 404 g/mol. The summed E-state index contributed by atoms with van der Waals surface area (Å²) in [6.07, 6.45) is 8.43. The van der Waals surface area contributed by atoms with Gasteiger partial charge in [0.2, 0.25) is 0 Å². The van der Waals surface area contributed by atoms with E-state index >= 15 is 0 Å². The minimum atomic E-state index is 0.679. The zero-order valence-electron chi connectivity index (χ0n) is 20.3. The number of anilines is 2. The van der Waals surface area contributed by atoms with Gasteiger partial charge < -0.3 is 5.32 Å². The summed E-state index contributed by atoms with van der Waals surface area (Å²) in [6.45, 7) is 8.59. The van der Waals surface area contributed by atoms with Crippen molar-refractivity contribution in [2.75, 3.05) is 5.32 Å². The Morgan fingerprint density at radius 3 is 2.52 bits per heavy atom. The van der Waals surface area contributed by atoms with Gasteiger partial charge in [0.25, 0.3) is 0 Å². The first-order chi connectivity index (χ1) is 16.0. The second-order valence-corrected chi connectivity index (χ2v) is 9.16. The minimum Gasteiger partial charge on any atom is -0.341 e. The summed E-state index contributed by atoms with van der Waals surface area (Å²) < 4.78 is 2.16. The maximum absolute atomic E-state index is 10.1. The summed E-state index contributed by atoms with van der Waals surface area (Å²) >= 11 is 0. The number of nitriles is 1. The van der Waals surface area contributed by atoms with Crippen LogP contribution in [0, 0.1) is 32.1 Å². The Labute approximate surface area is 197 Å². The van der Waals surface area contributed by atoms with Crippen LogP contribution in [-0.2, 0) is 6.42 Å². The number of rotatable bonds is 9. The van der Waals surface area contributed by atoms with E-state index in [1.807, 2.05) is 18.2 Å². The second kappa shape index (κ2) is 10.1. The Morgan fingerprint density at radius 2 is 1.73 bits per heavy atom. The van der Waals surface area contributed by atoms with E-state index in [0.717, 1.165) is 46.6 Å². The van der Waals surface area contributed by atoms with E-state index in [-0.39, 0.29) is 0 Å². The maximum Gasteiger partial charge on any atom is 0.157 e. The summed E-state index contributed by atoms with van der Waals surface area (Å²) in [5.41, 5.74) is 9.13. The first-order valence-corrected chi connectivity index (χ1v) is 12.2. The topological polar surface area (TPSA) is 53.1 Å². The van der Waals surface area contributed by atoms with E-state index in [0.29, 0.717) is 5.56 Å². The number of aromatic nitrogens is 2. The molecule has 0 aliphatic carbocycles. The highest BCUT2D eigenvalue weighted by Crippen LogP contribution is 2.34. The molecule has 0 aliphatic heterocycles. The lowest BCUT2D eigenvalue weighted by Gasteiger charge is -2.20. The van der Waals surface area contributed by atoms with Crippen LogP contribution >= 0.6 is 0 Å². The lowest BCUT2D eigenvalue weighted by atomic mass is 9.98. The molecule has 0 saturated carbocycles. The van der Waals surface area contributed by atoms with E-state index in [1.54, 1.807) is 0 Å². The smallest absolute Gasteiger partial charge is 0.157 e. The quantitative estimate of drug-likeness (QED) is 0.270. The molecule has 0 radical (unpaired) electrons. The van der Waals surface area contributed by atoms with Gasteiger partial charge in [-0.2, -0.15) is 5.26 Å². The van der Waals surface area contributed by atoms with Gasteiger partial charge in [0, 0.05) is 5.69 Å². The fraction of sp³-hybridized carbons (Fsp3) is 0.379. The molecule has 0 spiro atoms. The van der Waals surface area contributed by atoms with Crippen LogP contribution in [0.25, 0.3) is 16.7 Å². The Bertz CT molecular complexity index is 1320. The number of unbranched alkanes of at least 4 members (excludes halogenated alkanes) is 5. The number of hydrogen-bond donors (Lipinski definition) is 1. The van der Waals surface area contributed by atoms with Crippen LogP contribution in [0.5, 0.6) is 0 Å². The molecule has 4 nitrogen and oxygen atoms in total. The summed E-state index contributed by atoms with van der Waals surface area (Å²) in [7, 11) is 0. The molecule has 4 rings (SSSR count). The summed E-state index contributed by atoms with van der Waals surface area (Å²) in [4.78, 5) is 4.86. The molecule has 2 aromatic carbocycles. The molecule has 33 heavy (non-hydrogen) atoms. The van der Waals surface area contributed by atoms with Crippen LogP contribution in [-0.4, -0.2) is 9.38 Å². The van der Waals surface area contributed by atoms with Crippen molar-refractivity contribution in [1.29, 1.82) is 5.26 Å². The fourth-order valence-corrected chi connectivity index (χ4v) is 4.70. The lowest BCUT2D eigenvalue weighted by molar-refractivity contribution is 0.607. The minimum absolute atomic E-state index is 0.679. The molecule has 0 saturated heterocycles.